The Balaban J connectivity index is 1.26. The number of nitrogens with one attached hydrogen (secondary N) is 1. The number of anilines is 1. The Kier molecular flexibility index (Phi) is 8.29. The number of methoxy groups -OCH3 is 2. The molecule has 4 aromatic carbocycles. The number of fused-ring (bicyclic) bond motifs is 1. The van der Waals surface area contributed by atoms with Gasteiger partial charge in [0.25, 0.3) is 11.8 Å². The van der Waals surface area contributed by atoms with E-state index < -0.39 is 0 Å². The van der Waals surface area contributed by atoms with Gasteiger partial charge in [-0.3, -0.25) is 14.5 Å². The number of amides is 2. The summed E-state index contributed by atoms with van der Waals surface area (Å²) in [6.07, 6.45) is 2.26. The Labute approximate surface area is 237 Å². The van der Waals surface area contributed by atoms with Crippen LogP contribution in [0.3, 0.4) is 0 Å². The summed E-state index contributed by atoms with van der Waals surface area (Å²) >= 11 is 0. The molecule has 0 aromatic heterocycles. The standard InChI is InChI=1S/C33H29FN2O5/c1-39-29-15-12-23(19-30(29)40-2)16-17-35-32(37)25-13-10-22(11-14-25)20-31-33(38)36(21-24-6-5-7-26(34)18-24)27-8-3-4-9-28(27)41-31/h3-15,18-20H,16-17,21H2,1-2H3,(H,35,37)/b31-20-. The smallest absolute Gasteiger partial charge is 0.294 e. The fourth-order valence-electron chi connectivity index (χ4n) is 4.58. The van der Waals surface area contributed by atoms with E-state index in [1.54, 1.807) is 73.7 Å². The van der Waals surface area contributed by atoms with Crippen LogP contribution in [0.25, 0.3) is 6.08 Å². The number of rotatable bonds is 9. The third kappa shape index (κ3) is 6.38. The Morgan fingerprint density at radius 1 is 0.902 bits per heavy atom. The predicted octanol–water partition coefficient (Wildman–Crippen LogP) is 5.78. The van der Waals surface area contributed by atoms with Crippen molar-refractivity contribution in [3.63, 3.8) is 0 Å². The van der Waals surface area contributed by atoms with Crippen LogP contribution in [0.2, 0.25) is 0 Å². The summed E-state index contributed by atoms with van der Waals surface area (Å²) in [6, 6.07) is 25.9. The molecule has 8 heteroatoms. The number of hydrogen-bond acceptors (Lipinski definition) is 5. The van der Waals surface area contributed by atoms with Crippen molar-refractivity contribution >= 4 is 23.6 Å². The average molecular weight is 553 g/mol. The maximum absolute atomic E-state index is 13.8. The molecule has 0 unspecified atom stereocenters. The lowest BCUT2D eigenvalue weighted by atomic mass is 10.1. The van der Waals surface area contributed by atoms with Crippen LogP contribution < -0.4 is 24.4 Å². The number of benzene rings is 4. The second kappa shape index (κ2) is 12.4. The van der Waals surface area contributed by atoms with Gasteiger partial charge in [-0.2, -0.15) is 0 Å². The van der Waals surface area contributed by atoms with Crippen molar-refractivity contribution in [2.75, 3.05) is 25.7 Å². The molecule has 5 rings (SSSR count). The highest BCUT2D eigenvalue weighted by Crippen LogP contribution is 2.36. The Morgan fingerprint density at radius 3 is 2.44 bits per heavy atom. The van der Waals surface area contributed by atoms with Crippen molar-refractivity contribution < 1.29 is 28.2 Å². The van der Waals surface area contributed by atoms with Gasteiger partial charge in [-0.15, -0.1) is 0 Å². The topological polar surface area (TPSA) is 77.1 Å². The van der Waals surface area contributed by atoms with Gasteiger partial charge in [0.2, 0.25) is 0 Å². The minimum atomic E-state index is -0.364. The lowest BCUT2D eigenvalue weighted by Crippen LogP contribution is -2.36. The summed E-state index contributed by atoms with van der Waals surface area (Å²) in [5, 5.41) is 2.93. The highest BCUT2D eigenvalue weighted by Gasteiger charge is 2.30. The minimum Gasteiger partial charge on any atom is -0.493 e. The van der Waals surface area contributed by atoms with Gasteiger partial charge in [0, 0.05) is 12.1 Å². The second-order valence-electron chi connectivity index (χ2n) is 9.42. The van der Waals surface area contributed by atoms with Crippen LogP contribution >= 0.6 is 0 Å². The van der Waals surface area contributed by atoms with Crippen molar-refractivity contribution in [3.8, 4) is 17.2 Å². The summed E-state index contributed by atoms with van der Waals surface area (Å²) in [5.74, 6) is 1.04. The molecule has 2 amide bonds. The summed E-state index contributed by atoms with van der Waals surface area (Å²) in [4.78, 5) is 27.7. The molecule has 208 valence electrons. The quantitative estimate of drug-likeness (QED) is 0.266. The maximum atomic E-state index is 13.8. The first-order valence-corrected chi connectivity index (χ1v) is 13.1. The fraction of sp³-hybridized carbons (Fsp3) is 0.152. The largest absolute Gasteiger partial charge is 0.493 e. The van der Waals surface area contributed by atoms with Gasteiger partial charge in [0.1, 0.15) is 5.82 Å². The average Bonchev–Trinajstić information content (AvgIpc) is 2.99. The van der Waals surface area contributed by atoms with Gasteiger partial charge in [-0.05, 0) is 77.7 Å². The highest BCUT2D eigenvalue weighted by molar-refractivity contribution is 6.09. The minimum absolute atomic E-state index is 0.132. The number of carbonyl (C=O) groups excluding carboxylic acids is 2. The third-order valence-electron chi connectivity index (χ3n) is 6.68. The number of nitrogens with zero attached hydrogens (tertiary/aromatic N) is 1. The first-order chi connectivity index (χ1) is 19.9. The Bertz CT molecular complexity index is 1600. The number of carbonyl (C=O) groups is 2. The Hall–Kier alpha value is -5.11. The van der Waals surface area contributed by atoms with E-state index in [0.717, 1.165) is 5.56 Å². The molecular formula is C33H29FN2O5. The molecule has 0 bridgehead atoms. The van der Waals surface area contributed by atoms with Gasteiger partial charge in [-0.25, -0.2) is 4.39 Å². The van der Waals surface area contributed by atoms with Crippen LogP contribution in [0, 0.1) is 5.82 Å². The van der Waals surface area contributed by atoms with Gasteiger partial charge in [0.15, 0.2) is 23.0 Å². The summed E-state index contributed by atoms with van der Waals surface area (Å²) in [5.41, 5.74) is 3.47. The first kappa shape index (κ1) is 27.5. The molecule has 0 atom stereocenters. The van der Waals surface area contributed by atoms with Gasteiger partial charge in [0.05, 0.1) is 26.5 Å². The van der Waals surface area contributed by atoms with E-state index in [9.17, 15) is 14.0 Å². The molecule has 0 saturated heterocycles. The molecular weight excluding hydrogens is 523 g/mol. The van der Waals surface area contributed by atoms with E-state index in [4.69, 9.17) is 14.2 Å². The molecule has 0 aliphatic carbocycles. The SMILES string of the molecule is COc1ccc(CCNC(=O)c2ccc(/C=C3\Oc4ccccc4N(Cc4cccc(F)c4)C3=O)cc2)cc1OC. The van der Waals surface area contributed by atoms with Crippen LogP contribution in [0.15, 0.2) is 96.8 Å². The summed E-state index contributed by atoms with van der Waals surface area (Å²) in [7, 11) is 3.17. The normalized spacial score (nSPS) is 13.4. The van der Waals surface area contributed by atoms with E-state index in [1.807, 2.05) is 30.3 Å². The number of ether oxygens (including phenoxy) is 3. The zero-order valence-electron chi connectivity index (χ0n) is 22.7. The molecule has 1 heterocycles. The number of halogens is 1. The van der Waals surface area contributed by atoms with Gasteiger partial charge >= 0.3 is 0 Å². The predicted molar refractivity (Wildman–Crippen MR) is 155 cm³/mol. The maximum Gasteiger partial charge on any atom is 0.294 e. The van der Waals surface area contributed by atoms with Crippen molar-refractivity contribution in [2.24, 2.45) is 0 Å². The molecule has 0 spiro atoms. The molecule has 1 N–H and O–H groups in total. The second-order valence-corrected chi connectivity index (χ2v) is 9.42. The van der Waals surface area contributed by atoms with Crippen LogP contribution in [0.1, 0.15) is 27.0 Å². The molecule has 41 heavy (non-hydrogen) atoms. The van der Waals surface area contributed by atoms with Gasteiger partial charge < -0.3 is 19.5 Å². The van der Waals surface area contributed by atoms with Crippen molar-refractivity contribution in [1.82, 2.24) is 5.32 Å². The Morgan fingerprint density at radius 2 is 1.68 bits per heavy atom. The molecule has 7 nitrogen and oxygen atoms in total. The molecule has 0 saturated carbocycles. The van der Waals surface area contributed by atoms with Crippen LogP contribution in [-0.4, -0.2) is 32.6 Å². The van der Waals surface area contributed by atoms with Gasteiger partial charge in [-0.1, -0.05) is 42.5 Å². The molecule has 1 aliphatic rings. The van der Waals surface area contributed by atoms with Crippen molar-refractivity contribution in [3.05, 3.63) is 125 Å². The molecule has 1 aliphatic heterocycles. The monoisotopic (exact) mass is 552 g/mol. The van der Waals surface area contributed by atoms with E-state index in [2.05, 4.69) is 5.32 Å². The molecule has 4 aromatic rings. The third-order valence-corrected chi connectivity index (χ3v) is 6.68. The summed E-state index contributed by atoms with van der Waals surface area (Å²) in [6.45, 7) is 0.639. The van der Waals surface area contributed by atoms with E-state index in [0.29, 0.717) is 52.6 Å². The number of para-hydroxylation sites is 2. The highest BCUT2D eigenvalue weighted by atomic mass is 19.1. The van der Waals surface area contributed by atoms with Crippen LogP contribution in [-0.2, 0) is 17.8 Å². The lowest BCUT2D eigenvalue weighted by Gasteiger charge is -2.30. The van der Waals surface area contributed by atoms with Crippen LogP contribution in [0.5, 0.6) is 17.2 Å². The molecule has 0 fully saturated rings. The fourth-order valence-corrected chi connectivity index (χ4v) is 4.58. The van der Waals surface area contributed by atoms with Crippen LogP contribution in [0.4, 0.5) is 10.1 Å². The zero-order valence-corrected chi connectivity index (χ0v) is 22.7. The van der Waals surface area contributed by atoms with E-state index in [-0.39, 0.29) is 29.9 Å². The van der Waals surface area contributed by atoms with E-state index in [1.165, 1.54) is 12.1 Å². The number of hydrogen-bond donors (Lipinski definition) is 1. The van der Waals surface area contributed by atoms with Crippen molar-refractivity contribution in [2.45, 2.75) is 13.0 Å². The lowest BCUT2D eigenvalue weighted by molar-refractivity contribution is -0.117. The van der Waals surface area contributed by atoms with Crippen molar-refractivity contribution in [1.29, 1.82) is 0 Å². The molecule has 0 radical (unpaired) electrons. The first-order valence-electron chi connectivity index (χ1n) is 13.1. The zero-order chi connectivity index (χ0) is 28.8. The summed E-state index contributed by atoms with van der Waals surface area (Å²) < 4.78 is 30.3. The van der Waals surface area contributed by atoms with E-state index >= 15 is 0 Å².